The van der Waals surface area contributed by atoms with Gasteiger partial charge in [0.1, 0.15) is 4.90 Å². The first kappa shape index (κ1) is 18.1. The Bertz CT molecular complexity index is 1010. The summed E-state index contributed by atoms with van der Waals surface area (Å²) >= 11 is 0. The molecule has 2 aromatic heterocycles. The number of para-hydroxylation sites is 2. The zero-order valence-electron chi connectivity index (χ0n) is 14.4. The Kier molecular flexibility index (Phi) is 5.05. The lowest BCUT2D eigenvalue weighted by atomic mass is 10.2. The van der Waals surface area contributed by atoms with Crippen LogP contribution in [0.15, 0.2) is 41.6 Å². The van der Waals surface area contributed by atoms with E-state index >= 15 is 0 Å². The average Bonchev–Trinajstić information content (AvgIpc) is 3.07. The summed E-state index contributed by atoms with van der Waals surface area (Å²) in [4.78, 5) is 8.87. The fourth-order valence-corrected chi connectivity index (χ4v) is 3.36. The minimum atomic E-state index is -3.87. The second kappa shape index (κ2) is 7.26. The van der Waals surface area contributed by atoms with Gasteiger partial charge in [-0.15, -0.1) is 0 Å². The van der Waals surface area contributed by atoms with Crippen molar-refractivity contribution in [2.75, 3.05) is 16.6 Å². The highest BCUT2D eigenvalue weighted by atomic mass is 32.2. The number of aliphatic hydroxyl groups is 1. The Morgan fingerprint density at radius 2 is 1.85 bits per heavy atom. The number of rotatable bonds is 7. The summed E-state index contributed by atoms with van der Waals surface area (Å²) < 4.78 is 29.1. The van der Waals surface area contributed by atoms with Crippen LogP contribution in [-0.2, 0) is 17.1 Å². The van der Waals surface area contributed by atoms with Crippen molar-refractivity contribution in [3.63, 3.8) is 0 Å². The number of nitrogens with zero attached hydrogens (tertiary/aromatic N) is 4. The van der Waals surface area contributed by atoms with E-state index in [1.807, 2.05) is 13.0 Å². The van der Waals surface area contributed by atoms with Crippen molar-refractivity contribution in [2.45, 2.75) is 24.3 Å². The maximum atomic E-state index is 12.6. The second-order valence-electron chi connectivity index (χ2n) is 5.80. The number of nitrogens with one attached hydrogen (secondary N) is 2. The Balaban J connectivity index is 2.04. The van der Waals surface area contributed by atoms with E-state index in [1.165, 1.54) is 17.1 Å². The van der Waals surface area contributed by atoms with E-state index in [0.29, 0.717) is 17.5 Å². The molecule has 0 aliphatic carbocycles. The van der Waals surface area contributed by atoms with Crippen molar-refractivity contribution in [3.05, 3.63) is 36.7 Å². The number of hydrogen-bond acceptors (Lipinski definition) is 7. The number of aryl methyl sites for hydroxylation is 1. The molecule has 0 bridgehead atoms. The number of sulfonamides is 1. The van der Waals surface area contributed by atoms with Gasteiger partial charge in [-0.1, -0.05) is 19.1 Å². The quantitative estimate of drug-likeness (QED) is 0.569. The number of benzene rings is 1. The summed E-state index contributed by atoms with van der Waals surface area (Å²) in [6, 6.07) is 6.88. The fourth-order valence-electron chi connectivity index (χ4n) is 2.37. The average molecular weight is 376 g/mol. The summed E-state index contributed by atoms with van der Waals surface area (Å²) in [5, 5.41) is 16.4. The maximum absolute atomic E-state index is 12.6. The summed E-state index contributed by atoms with van der Waals surface area (Å²) in [6.07, 6.45) is 3.29. The first-order valence-corrected chi connectivity index (χ1v) is 9.57. The van der Waals surface area contributed by atoms with Crippen LogP contribution in [0, 0.1) is 0 Å². The lowest BCUT2D eigenvalue weighted by Crippen LogP contribution is -2.25. The van der Waals surface area contributed by atoms with Gasteiger partial charge in [0.25, 0.3) is 10.0 Å². The molecule has 0 saturated carbocycles. The first-order valence-electron chi connectivity index (χ1n) is 8.08. The Morgan fingerprint density at radius 3 is 2.38 bits per heavy atom. The molecule has 0 amide bonds. The molecule has 3 aromatic rings. The van der Waals surface area contributed by atoms with Crippen molar-refractivity contribution < 1.29 is 13.5 Å². The molecule has 0 fully saturated rings. The van der Waals surface area contributed by atoms with Gasteiger partial charge in [0.15, 0.2) is 11.6 Å². The topological polar surface area (TPSA) is 122 Å². The third kappa shape index (κ3) is 3.75. The van der Waals surface area contributed by atoms with Crippen molar-refractivity contribution in [1.29, 1.82) is 0 Å². The van der Waals surface area contributed by atoms with Gasteiger partial charge >= 0.3 is 0 Å². The zero-order valence-corrected chi connectivity index (χ0v) is 15.2. The highest BCUT2D eigenvalue weighted by molar-refractivity contribution is 7.92. The van der Waals surface area contributed by atoms with Gasteiger partial charge in [-0.05, 0) is 18.6 Å². The molecular formula is C16H20N6O3S. The van der Waals surface area contributed by atoms with E-state index in [4.69, 9.17) is 0 Å². The number of anilines is 2. The Hall–Kier alpha value is -2.72. The number of fused-ring (bicyclic) bond motifs is 1. The normalized spacial score (nSPS) is 12.9. The molecule has 1 atom stereocenters. The van der Waals surface area contributed by atoms with Crippen LogP contribution in [-0.4, -0.2) is 45.9 Å². The second-order valence-corrected chi connectivity index (χ2v) is 7.48. The third-order valence-corrected chi connectivity index (χ3v) is 5.14. The molecule has 0 spiro atoms. The smallest absolute Gasteiger partial charge is 0.266 e. The number of aliphatic hydroxyl groups excluding tert-OH is 1. The molecule has 9 nitrogen and oxygen atoms in total. The molecule has 10 heteroatoms. The maximum Gasteiger partial charge on any atom is 0.266 e. The highest BCUT2D eigenvalue weighted by Crippen LogP contribution is 2.25. The van der Waals surface area contributed by atoms with E-state index in [9.17, 15) is 13.5 Å². The van der Waals surface area contributed by atoms with Gasteiger partial charge in [-0.2, -0.15) is 5.10 Å². The first-order chi connectivity index (χ1) is 12.4. The van der Waals surface area contributed by atoms with Gasteiger partial charge < -0.3 is 10.4 Å². The predicted molar refractivity (Wildman–Crippen MR) is 98.3 cm³/mol. The van der Waals surface area contributed by atoms with E-state index in [1.54, 1.807) is 25.2 Å². The predicted octanol–water partition coefficient (Wildman–Crippen LogP) is 1.35. The third-order valence-electron chi connectivity index (χ3n) is 3.85. The lowest BCUT2D eigenvalue weighted by molar-refractivity contribution is 0.271. The van der Waals surface area contributed by atoms with Crippen LogP contribution in [0.25, 0.3) is 11.0 Å². The number of aromatic nitrogens is 4. The van der Waals surface area contributed by atoms with E-state index in [2.05, 4.69) is 25.1 Å². The van der Waals surface area contributed by atoms with E-state index < -0.39 is 10.0 Å². The molecule has 26 heavy (non-hydrogen) atoms. The fraction of sp³-hybridized carbons (Fsp3) is 0.312. The molecule has 0 aliphatic heterocycles. The van der Waals surface area contributed by atoms with Crippen LogP contribution in [0.5, 0.6) is 0 Å². The van der Waals surface area contributed by atoms with Gasteiger partial charge in [0.05, 0.1) is 29.9 Å². The zero-order chi connectivity index (χ0) is 18.7. The summed E-state index contributed by atoms with van der Waals surface area (Å²) in [5.74, 6) is 0.330. The molecular weight excluding hydrogens is 356 g/mol. The van der Waals surface area contributed by atoms with Gasteiger partial charge in [-0.3, -0.25) is 9.40 Å². The number of hydrogen-bond donors (Lipinski definition) is 3. The van der Waals surface area contributed by atoms with Crippen LogP contribution >= 0.6 is 0 Å². The molecule has 3 rings (SSSR count). The van der Waals surface area contributed by atoms with Gasteiger partial charge in [-0.25, -0.2) is 18.4 Å². The molecule has 1 unspecified atom stereocenters. The van der Waals surface area contributed by atoms with Crippen LogP contribution in [0.3, 0.4) is 0 Å². The van der Waals surface area contributed by atoms with Crippen LogP contribution in [0.4, 0.5) is 11.6 Å². The Morgan fingerprint density at radius 1 is 1.19 bits per heavy atom. The van der Waals surface area contributed by atoms with Gasteiger partial charge in [0, 0.05) is 13.2 Å². The van der Waals surface area contributed by atoms with Crippen LogP contribution in [0.1, 0.15) is 13.3 Å². The summed E-state index contributed by atoms with van der Waals surface area (Å²) in [7, 11) is -2.24. The molecule has 2 heterocycles. The highest BCUT2D eigenvalue weighted by Gasteiger charge is 2.21. The van der Waals surface area contributed by atoms with Crippen molar-refractivity contribution in [2.24, 2.45) is 7.05 Å². The molecule has 1 aromatic carbocycles. The molecule has 0 radical (unpaired) electrons. The molecule has 3 N–H and O–H groups in total. The molecule has 0 saturated heterocycles. The van der Waals surface area contributed by atoms with Crippen molar-refractivity contribution in [1.82, 2.24) is 19.7 Å². The minimum Gasteiger partial charge on any atom is -0.394 e. The standard InChI is InChI=1S/C16H20N6O3S/c1-3-11(10-23)18-15-16(20-14-7-5-4-6-13(14)19-15)21-26(24,25)12-8-17-22(2)9-12/h4-9,11,23H,3,10H2,1-2H3,(H,18,19)(H,20,21). The minimum absolute atomic E-state index is 0.0232. The SMILES string of the molecule is CCC(CO)Nc1nc2ccccc2nc1NS(=O)(=O)c1cnn(C)c1. The van der Waals surface area contributed by atoms with Crippen molar-refractivity contribution in [3.8, 4) is 0 Å². The molecule has 138 valence electrons. The van der Waals surface area contributed by atoms with E-state index in [-0.39, 0.29) is 29.2 Å². The Labute approximate surface area is 151 Å². The molecule has 0 aliphatic rings. The van der Waals surface area contributed by atoms with E-state index in [0.717, 1.165) is 0 Å². The van der Waals surface area contributed by atoms with Crippen LogP contribution in [0.2, 0.25) is 0 Å². The summed E-state index contributed by atoms with van der Waals surface area (Å²) in [6.45, 7) is 1.79. The monoisotopic (exact) mass is 376 g/mol. The largest absolute Gasteiger partial charge is 0.394 e. The van der Waals surface area contributed by atoms with Crippen LogP contribution < -0.4 is 10.0 Å². The summed E-state index contributed by atoms with van der Waals surface area (Å²) in [5.41, 5.74) is 1.17. The van der Waals surface area contributed by atoms with Crippen molar-refractivity contribution >= 4 is 32.7 Å². The van der Waals surface area contributed by atoms with Gasteiger partial charge in [0.2, 0.25) is 0 Å². The lowest BCUT2D eigenvalue weighted by Gasteiger charge is -2.18.